The standard InChI is InChI=1S/C22H25FN4OS/c23-17-7-5-6-16(14-17)18-8-1-2-11-26(18)15-19-20(21(28)25-9-3-4-10-25)24-22-27(19)12-13-29-22/h5-7,12-14,18H,1-4,8-11,15H2/t18-/m0/s1. The summed E-state index contributed by atoms with van der Waals surface area (Å²) >= 11 is 1.56. The maximum atomic E-state index is 13.9. The average molecular weight is 413 g/mol. The molecule has 5 rings (SSSR count). The van der Waals surface area contributed by atoms with Gasteiger partial charge < -0.3 is 4.90 Å². The summed E-state index contributed by atoms with van der Waals surface area (Å²) < 4.78 is 15.9. The molecule has 0 spiro atoms. The third-order valence-electron chi connectivity index (χ3n) is 6.16. The lowest BCUT2D eigenvalue weighted by Crippen LogP contribution is -2.35. The zero-order chi connectivity index (χ0) is 19.8. The second-order valence-corrected chi connectivity index (χ2v) is 8.87. The Hall–Kier alpha value is -2.25. The molecule has 0 saturated carbocycles. The van der Waals surface area contributed by atoms with Crippen LogP contribution < -0.4 is 0 Å². The van der Waals surface area contributed by atoms with Gasteiger partial charge >= 0.3 is 0 Å². The van der Waals surface area contributed by atoms with Gasteiger partial charge in [0.1, 0.15) is 5.82 Å². The molecule has 1 aromatic carbocycles. The number of thiazole rings is 1. The molecule has 0 bridgehead atoms. The number of fused-ring (bicyclic) bond motifs is 1. The second-order valence-electron chi connectivity index (χ2n) is 8.00. The van der Waals surface area contributed by atoms with Crippen LogP contribution in [0.4, 0.5) is 4.39 Å². The van der Waals surface area contributed by atoms with Crippen LogP contribution in [-0.2, 0) is 6.54 Å². The summed E-state index contributed by atoms with van der Waals surface area (Å²) in [5.41, 5.74) is 2.56. The minimum absolute atomic E-state index is 0.0488. The largest absolute Gasteiger partial charge is 0.337 e. The number of nitrogens with zero attached hydrogens (tertiary/aromatic N) is 4. The van der Waals surface area contributed by atoms with Gasteiger partial charge in [0.15, 0.2) is 10.7 Å². The van der Waals surface area contributed by atoms with Crippen molar-refractivity contribution in [2.24, 2.45) is 0 Å². The molecule has 152 valence electrons. The zero-order valence-corrected chi connectivity index (χ0v) is 17.2. The van der Waals surface area contributed by atoms with E-state index in [0.717, 1.165) is 68.0 Å². The van der Waals surface area contributed by atoms with Crippen molar-refractivity contribution < 1.29 is 9.18 Å². The normalized spacial score (nSPS) is 20.6. The third-order valence-corrected chi connectivity index (χ3v) is 6.91. The fourth-order valence-electron chi connectivity index (χ4n) is 4.69. The van der Waals surface area contributed by atoms with Crippen LogP contribution >= 0.6 is 11.3 Å². The van der Waals surface area contributed by atoms with Gasteiger partial charge in [-0.15, -0.1) is 11.3 Å². The maximum absolute atomic E-state index is 13.9. The van der Waals surface area contributed by atoms with E-state index in [9.17, 15) is 9.18 Å². The summed E-state index contributed by atoms with van der Waals surface area (Å²) in [6.45, 7) is 3.22. The molecule has 0 N–H and O–H groups in total. The van der Waals surface area contributed by atoms with Gasteiger partial charge in [-0.1, -0.05) is 18.6 Å². The summed E-state index contributed by atoms with van der Waals surface area (Å²) in [4.78, 5) is 23.0. The van der Waals surface area contributed by atoms with Crippen molar-refractivity contribution in [2.45, 2.75) is 44.7 Å². The first kappa shape index (κ1) is 18.8. The number of carbonyl (C=O) groups is 1. The molecule has 1 amide bonds. The summed E-state index contributed by atoms with van der Waals surface area (Å²) in [6.07, 6.45) is 7.40. The Morgan fingerprint density at radius 2 is 2.00 bits per heavy atom. The van der Waals surface area contributed by atoms with E-state index in [4.69, 9.17) is 4.98 Å². The number of likely N-dealkylation sites (tertiary alicyclic amines) is 2. The zero-order valence-electron chi connectivity index (χ0n) is 16.4. The van der Waals surface area contributed by atoms with E-state index in [1.807, 2.05) is 22.5 Å². The number of piperidine rings is 1. The molecule has 0 radical (unpaired) electrons. The van der Waals surface area contributed by atoms with Crippen molar-refractivity contribution in [2.75, 3.05) is 19.6 Å². The molecule has 4 heterocycles. The third kappa shape index (κ3) is 3.57. The monoisotopic (exact) mass is 412 g/mol. The molecule has 0 aliphatic carbocycles. The minimum atomic E-state index is -0.192. The lowest BCUT2D eigenvalue weighted by atomic mass is 9.95. The Labute approximate surface area is 173 Å². The molecule has 2 saturated heterocycles. The van der Waals surface area contributed by atoms with Crippen molar-refractivity contribution in [3.63, 3.8) is 0 Å². The fourth-order valence-corrected chi connectivity index (χ4v) is 5.42. The molecule has 3 aromatic rings. The summed E-state index contributed by atoms with van der Waals surface area (Å²) in [7, 11) is 0. The van der Waals surface area contributed by atoms with Gasteiger partial charge in [-0.25, -0.2) is 9.37 Å². The lowest BCUT2D eigenvalue weighted by Gasteiger charge is -2.36. The Kier molecular flexibility index (Phi) is 5.09. The van der Waals surface area contributed by atoms with Crippen molar-refractivity contribution in [3.05, 3.63) is 58.6 Å². The van der Waals surface area contributed by atoms with Gasteiger partial charge in [0.05, 0.1) is 5.69 Å². The van der Waals surface area contributed by atoms with E-state index in [1.54, 1.807) is 23.5 Å². The van der Waals surface area contributed by atoms with Gasteiger partial charge in [0.25, 0.3) is 5.91 Å². The highest BCUT2D eigenvalue weighted by Crippen LogP contribution is 2.33. The first-order valence-corrected chi connectivity index (χ1v) is 11.3. The maximum Gasteiger partial charge on any atom is 0.274 e. The SMILES string of the molecule is O=C(c1nc2sccn2c1CN1CCCC[C@H]1c1cccc(F)c1)N1CCCC1. The van der Waals surface area contributed by atoms with E-state index in [0.29, 0.717) is 12.2 Å². The molecule has 2 aliphatic heterocycles. The molecule has 2 aliphatic rings. The van der Waals surface area contributed by atoms with Crippen LogP contribution in [0, 0.1) is 5.82 Å². The first-order chi connectivity index (χ1) is 14.2. The lowest BCUT2D eigenvalue weighted by molar-refractivity contribution is 0.0782. The van der Waals surface area contributed by atoms with Crippen LogP contribution in [0.5, 0.6) is 0 Å². The predicted octanol–water partition coefficient (Wildman–Crippen LogP) is 4.50. The highest BCUT2D eigenvalue weighted by atomic mass is 32.1. The number of rotatable bonds is 4. The van der Waals surface area contributed by atoms with E-state index in [2.05, 4.69) is 9.30 Å². The molecule has 0 unspecified atom stereocenters. The Morgan fingerprint density at radius 1 is 1.17 bits per heavy atom. The molecule has 29 heavy (non-hydrogen) atoms. The predicted molar refractivity (Wildman–Crippen MR) is 112 cm³/mol. The number of aromatic nitrogens is 2. The van der Waals surface area contributed by atoms with Gasteiger partial charge in [-0.3, -0.25) is 14.1 Å². The Morgan fingerprint density at radius 3 is 2.83 bits per heavy atom. The molecular formula is C22H25FN4OS. The second kappa shape index (κ2) is 7.88. The van der Waals surface area contributed by atoms with Crippen LogP contribution in [0.2, 0.25) is 0 Å². The molecular weight excluding hydrogens is 387 g/mol. The molecule has 5 nitrogen and oxygen atoms in total. The van der Waals surface area contributed by atoms with Crippen molar-refractivity contribution in [1.29, 1.82) is 0 Å². The van der Waals surface area contributed by atoms with E-state index < -0.39 is 0 Å². The van der Waals surface area contributed by atoms with E-state index >= 15 is 0 Å². The van der Waals surface area contributed by atoms with Crippen molar-refractivity contribution in [1.82, 2.24) is 19.2 Å². The van der Waals surface area contributed by atoms with Crippen LogP contribution in [-0.4, -0.2) is 44.7 Å². The van der Waals surface area contributed by atoms with E-state index in [1.165, 1.54) is 6.07 Å². The van der Waals surface area contributed by atoms with E-state index in [-0.39, 0.29) is 17.8 Å². The number of hydrogen-bond acceptors (Lipinski definition) is 4. The number of amides is 1. The van der Waals surface area contributed by atoms with Crippen LogP contribution in [0.1, 0.15) is 59.9 Å². The van der Waals surface area contributed by atoms with Crippen molar-refractivity contribution >= 4 is 22.2 Å². The van der Waals surface area contributed by atoms with Crippen LogP contribution in [0.3, 0.4) is 0 Å². The molecule has 2 fully saturated rings. The van der Waals surface area contributed by atoms with Gasteiger partial charge in [0.2, 0.25) is 0 Å². The van der Waals surface area contributed by atoms with Gasteiger partial charge in [0, 0.05) is 37.3 Å². The number of halogens is 1. The summed E-state index contributed by atoms with van der Waals surface area (Å²) in [6, 6.07) is 7.11. The highest BCUT2D eigenvalue weighted by molar-refractivity contribution is 7.15. The van der Waals surface area contributed by atoms with Gasteiger partial charge in [-0.2, -0.15) is 0 Å². The molecule has 7 heteroatoms. The van der Waals surface area contributed by atoms with Gasteiger partial charge in [-0.05, 0) is 49.9 Å². The summed E-state index contributed by atoms with van der Waals surface area (Å²) in [5, 5.41) is 2.01. The minimum Gasteiger partial charge on any atom is -0.337 e. The topological polar surface area (TPSA) is 40.9 Å². The average Bonchev–Trinajstić information content (AvgIpc) is 3.47. The summed E-state index contributed by atoms with van der Waals surface area (Å²) in [5.74, 6) is -0.143. The quantitative estimate of drug-likeness (QED) is 0.634. The number of benzene rings is 1. The highest BCUT2D eigenvalue weighted by Gasteiger charge is 2.30. The fraction of sp³-hybridized carbons (Fsp3) is 0.455. The Balaban J connectivity index is 1.49. The van der Waals surface area contributed by atoms with Crippen LogP contribution in [0.15, 0.2) is 35.8 Å². The molecule has 1 atom stereocenters. The number of imidazole rings is 1. The number of hydrogen-bond donors (Lipinski definition) is 0. The number of carbonyl (C=O) groups excluding carboxylic acids is 1. The molecule has 2 aromatic heterocycles. The Bertz CT molecular complexity index is 1020. The van der Waals surface area contributed by atoms with Crippen LogP contribution in [0.25, 0.3) is 4.96 Å². The van der Waals surface area contributed by atoms with Crippen molar-refractivity contribution in [3.8, 4) is 0 Å². The first-order valence-electron chi connectivity index (χ1n) is 10.4. The smallest absolute Gasteiger partial charge is 0.274 e.